The van der Waals surface area contributed by atoms with Gasteiger partial charge in [-0.15, -0.1) is 0 Å². The first kappa shape index (κ1) is 10.9. The van der Waals surface area contributed by atoms with Crippen LogP contribution in [0.25, 0.3) is 0 Å². The summed E-state index contributed by atoms with van der Waals surface area (Å²) in [6.45, 7) is 0. The topological polar surface area (TPSA) is 35.5 Å². The van der Waals surface area contributed by atoms with Crippen LogP contribution in [0.4, 0.5) is 4.79 Å². The molecule has 3 nitrogen and oxygen atoms in total. The lowest BCUT2D eigenvalue weighted by atomic mass is 10.2. The quantitative estimate of drug-likeness (QED) is 0.474. The van der Waals surface area contributed by atoms with E-state index in [1.807, 2.05) is 12.1 Å². The minimum Gasteiger partial charge on any atom is -0.437 e. The number of methoxy groups -OCH3 is 1. The Bertz CT molecular complexity index is 295. The molecule has 0 unspecified atom stereocenters. The second kappa shape index (κ2) is 5.54. The minimum atomic E-state index is -0.702. The van der Waals surface area contributed by atoms with Crippen molar-refractivity contribution in [2.24, 2.45) is 0 Å². The zero-order valence-electron chi connectivity index (χ0n) is 7.90. The molecule has 0 saturated heterocycles. The maximum atomic E-state index is 10.7. The summed E-state index contributed by atoms with van der Waals surface area (Å²) >= 11 is 4.12. The Kier molecular flexibility index (Phi) is 4.32. The van der Waals surface area contributed by atoms with Gasteiger partial charge in [-0.1, -0.05) is 12.1 Å². The SMILES string of the molecule is COC(=O)Oc1ccc(CCS)cc1. The monoisotopic (exact) mass is 212 g/mol. The third-order valence-corrected chi connectivity index (χ3v) is 1.92. The Morgan fingerprint density at radius 3 is 2.50 bits per heavy atom. The van der Waals surface area contributed by atoms with Gasteiger partial charge >= 0.3 is 6.16 Å². The lowest BCUT2D eigenvalue weighted by molar-refractivity contribution is 0.121. The van der Waals surface area contributed by atoms with Gasteiger partial charge in [-0.25, -0.2) is 4.79 Å². The first-order chi connectivity index (χ1) is 6.76. The molecule has 0 aliphatic rings. The summed E-state index contributed by atoms with van der Waals surface area (Å²) < 4.78 is 9.17. The molecule has 0 spiro atoms. The van der Waals surface area contributed by atoms with Crippen molar-refractivity contribution in [1.82, 2.24) is 0 Å². The van der Waals surface area contributed by atoms with E-state index in [1.165, 1.54) is 7.11 Å². The van der Waals surface area contributed by atoms with Gasteiger partial charge in [0.05, 0.1) is 7.11 Å². The van der Waals surface area contributed by atoms with Gasteiger partial charge in [0, 0.05) is 0 Å². The summed E-state index contributed by atoms with van der Waals surface area (Å²) in [4.78, 5) is 10.7. The van der Waals surface area contributed by atoms with Crippen molar-refractivity contribution in [2.75, 3.05) is 12.9 Å². The molecule has 14 heavy (non-hydrogen) atoms. The third-order valence-electron chi connectivity index (χ3n) is 1.69. The molecular formula is C10H12O3S. The minimum absolute atomic E-state index is 0.486. The van der Waals surface area contributed by atoms with Gasteiger partial charge in [0.15, 0.2) is 0 Å². The highest BCUT2D eigenvalue weighted by molar-refractivity contribution is 7.80. The van der Waals surface area contributed by atoms with Crippen molar-refractivity contribution in [2.45, 2.75) is 6.42 Å². The average Bonchev–Trinajstić information content (AvgIpc) is 2.21. The molecule has 1 rings (SSSR count). The van der Waals surface area contributed by atoms with E-state index in [4.69, 9.17) is 4.74 Å². The Morgan fingerprint density at radius 1 is 1.36 bits per heavy atom. The summed E-state index contributed by atoms with van der Waals surface area (Å²) in [5, 5.41) is 0. The number of carbonyl (C=O) groups is 1. The third kappa shape index (κ3) is 3.30. The van der Waals surface area contributed by atoms with Gasteiger partial charge in [-0.3, -0.25) is 0 Å². The molecule has 4 heteroatoms. The molecule has 76 valence electrons. The van der Waals surface area contributed by atoms with Crippen LogP contribution in [0, 0.1) is 0 Å². The summed E-state index contributed by atoms with van der Waals surface area (Å²) in [6, 6.07) is 7.26. The van der Waals surface area contributed by atoms with E-state index in [-0.39, 0.29) is 0 Å². The molecule has 0 heterocycles. The van der Waals surface area contributed by atoms with E-state index in [0.29, 0.717) is 5.75 Å². The number of hydrogen-bond donors (Lipinski definition) is 1. The fourth-order valence-corrected chi connectivity index (χ4v) is 1.25. The van der Waals surface area contributed by atoms with E-state index in [2.05, 4.69) is 17.4 Å². The average molecular weight is 212 g/mol. The van der Waals surface area contributed by atoms with Crippen LogP contribution in [0.2, 0.25) is 0 Å². The Labute approximate surface area is 88.4 Å². The van der Waals surface area contributed by atoms with E-state index < -0.39 is 6.16 Å². The van der Waals surface area contributed by atoms with Crippen LogP contribution in [-0.4, -0.2) is 19.0 Å². The number of carbonyl (C=O) groups excluding carboxylic acids is 1. The van der Waals surface area contributed by atoms with Gasteiger partial charge in [0.2, 0.25) is 0 Å². The van der Waals surface area contributed by atoms with Crippen LogP contribution in [-0.2, 0) is 11.2 Å². The standard InChI is InChI=1S/C10H12O3S/c1-12-10(11)13-9-4-2-8(3-5-9)6-7-14/h2-5,14H,6-7H2,1H3. The largest absolute Gasteiger partial charge is 0.513 e. The van der Waals surface area contributed by atoms with E-state index >= 15 is 0 Å². The van der Waals surface area contributed by atoms with Crippen LogP contribution in [0.1, 0.15) is 5.56 Å². The summed E-state index contributed by atoms with van der Waals surface area (Å²) in [7, 11) is 1.28. The molecule has 0 N–H and O–H groups in total. The molecule has 0 fully saturated rings. The molecule has 0 atom stereocenters. The lowest BCUT2D eigenvalue weighted by Gasteiger charge is -2.03. The molecular weight excluding hydrogens is 200 g/mol. The van der Waals surface area contributed by atoms with E-state index in [9.17, 15) is 4.79 Å². The molecule has 0 aromatic heterocycles. The van der Waals surface area contributed by atoms with Gasteiger partial charge in [-0.2, -0.15) is 12.6 Å². The Morgan fingerprint density at radius 2 is 2.00 bits per heavy atom. The molecule has 0 amide bonds. The number of thiol groups is 1. The second-order valence-corrected chi connectivity index (χ2v) is 3.12. The number of ether oxygens (including phenoxy) is 2. The number of aryl methyl sites for hydroxylation is 1. The summed E-state index contributed by atoms with van der Waals surface area (Å²) in [5.74, 6) is 1.29. The van der Waals surface area contributed by atoms with E-state index in [1.54, 1.807) is 12.1 Å². The molecule has 0 bridgehead atoms. The van der Waals surface area contributed by atoms with Gasteiger partial charge in [-0.05, 0) is 29.9 Å². The maximum absolute atomic E-state index is 10.7. The van der Waals surface area contributed by atoms with E-state index in [0.717, 1.165) is 17.7 Å². The van der Waals surface area contributed by atoms with Crippen LogP contribution < -0.4 is 4.74 Å². The molecule has 0 radical (unpaired) electrons. The van der Waals surface area contributed by atoms with Crippen molar-refractivity contribution >= 4 is 18.8 Å². The molecule has 0 aliphatic carbocycles. The molecule has 1 aromatic carbocycles. The number of rotatable bonds is 3. The van der Waals surface area contributed by atoms with Crippen LogP contribution in [0.3, 0.4) is 0 Å². The zero-order valence-corrected chi connectivity index (χ0v) is 8.79. The molecule has 0 saturated carbocycles. The van der Waals surface area contributed by atoms with Gasteiger partial charge in [0.25, 0.3) is 0 Å². The van der Waals surface area contributed by atoms with Gasteiger partial charge in [0.1, 0.15) is 5.75 Å². The van der Waals surface area contributed by atoms with Crippen molar-refractivity contribution < 1.29 is 14.3 Å². The lowest BCUT2D eigenvalue weighted by Crippen LogP contribution is -2.07. The highest BCUT2D eigenvalue weighted by atomic mass is 32.1. The number of hydrogen-bond acceptors (Lipinski definition) is 4. The van der Waals surface area contributed by atoms with Crippen LogP contribution in [0.5, 0.6) is 5.75 Å². The van der Waals surface area contributed by atoms with Crippen LogP contribution in [0.15, 0.2) is 24.3 Å². The van der Waals surface area contributed by atoms with Crippen molar-refractivity contribution in [3.05, 3.63) is 29.8 Å². The van der Waals surface area contributed by atoms with Crippen molar-refractivity contribution in [1.29, 1.82) is 0 Å². The molecule has 1 aromatic rings. The molecule has 0 aliphatic heterocycles. The summed E-state index contributed by atoms with van der Waals surface area (Å²) in [5.41, 5.74) is 1.16. The maximum Gasteiger partial charge on any atom is 0.513 e. The summed E-state index contributed by atoms with van der Waals surface area (Å²) in [6.07, 6.45) is 0.202. The van der Waals surface area contributed by atoms with Crippen LogP contribution >= 0.6 is 12.6 Å². The first-order valence-corrected chi connectivity index (χ1v) is 4.85. The number of benzene rings is 1. The predicted molar refractivity (Wildman–Crippen MR) is 57.0 cm³/mol. The second-order valence-electron chi connectivity index (χ2n) is 2.67. The Balaban J connectivity index is 2.59. The Hall–Kier alpha value is -1.16. The zero-order chi connectivity index (χ0) is 10.4. The normalized spacial score (nSPS) is 9.57. The van der Waals surface area contributed by atoms with Crippen molar-refractivity contribution in [3.63, 3.8) is 0 Å². The first-order valence-electron chi connectivity index (χ1n) is 4.22. The fraction of sp³-hybridized carbons (Fsp3) is 0.300. The highest BCUT2D eigenvalue weighted by Gasteiger charge is 2.02. The smallest absolute Gasteiger partial charge is 0.437 e. The van der Waals surface area contributed by atoms with Gasteiger partial charge < -0.3 is 9.47 Å². The fourth-order valence-electron chi connectivity index (χ4n) is 0.991. The van der Waals surface area contributed by atoms with Crippen molar-refractivity contribution in [3.8, 4) is 5.75 Å². The highest BCUT2D eigenvalue weighted by Crippen LogP contribution is 2.13. The predicted octanol–water partition coefficient (Wildman–Crippen LogP) is 2.30.